The van der Waals surface area contributed by atoms with E-state index in [0.717, 1.165) is 0 Å². The largest absolute Gasteiger partial charge is 0.493 e. The molecule has 96 valence electrons. The van der Waals surface area contributed by atoms with Gasteiger partial charge in [0.2, 0.25) is 0 Å². The van der Waals surface area contributed by atoms with E-state index < -0.39 is 19.0 Å². The van der Waals surface area contributed by atoms with Gasteiger partial charge in [0, 0.05) is 11.8 Å². The maximum absolute atomic E-state index is 12.6. The lowest BCUT2D eigenvalue weighted by Gasteiger charge is -2.17. The maximum atomic E-state index is 12.6. The standard InChI is InChI=1S/C10H11F4NO2/c1-16-8-4-6(15)2-3-7(8)17-5-10(13,14)9(11)12/h2-4,9H,5,15H2,1H3. The quantitative estimate of drug-likeness (QED) is 0.648. The van der Waals surface area contributed by atoms with E-state index in [1.54, 1.807) is 0 Å². The number of hydrogen-bond donors (Lipinski definition) is 1. The number of halogens is 4. The molecule has 0 bridgehead atoms. The Kier molecular flexibility index (Phi) is 4.03. The third-order valence-electron chi connectivity index (χ3n) is 1.93. The van der Waals surface area contributed by atoms with Gasteiger partial charge in [-0.25, -0.2) is 8.78 Å². The second kappa shape index (κ2) is 5.11. The third-order valence-corrected chi connectivity index (χ3v) is 1.93. The van der Waals surface area contributed by atoms with Crippen molar-refractivity contribution in [3.05, 3.63) is 18.2 Å². The molecule has 0 aliphatic heterocycles. The van der Waals surface area contributed by atoms with E-state index in [0.29, 0.717) is 5.69 Å². The molecular weight excluding hydrogens is 242 g/mol. The van der Waals surface area contributed by atoms with Crippen LogP contribution in [0.2, 0.25) is 0 Å². The highest BCUT2D eigenvalue weighted by Gasteiger charge is 2.41. The molecule has 0 heterocycles. The van der Waals surface area contributed by atoms with Crippen LogP contribution < -0.4 is 15.2 Å². The van der Waals surface area contributed by atoms with E-state index in [-0.39, 0.29) is 11.5 Å². The lowest BCUT2D eigenvalue weighted by Crippen LogP contribution is -2.33. The van der Waals surface area contributed by atoms with Crippen molar-refractivity contribution in [2.24, 2.45) is 0 Å². The first-order valence-electron chi connectivity index (χ1n) is 4.59. The molecule has 1 aromatic carbocycles. The van der Waals surface area contributed by atoms with Gasteiger partial charge in [-0.3, -0.25) is 0 Å². The Morgan fingerprint density at radius 2 is 1.94 bits per heavy atom. The number of benzene rings is 1. The average Bonchev–Trinajstić information content (AvgIpc) is 2.27. The van der Waals surface area contributed by atoms with Gasteiger partial charge in [-0.05, 0) is 12.1 Å². The van der Waals surface area contributed by atoms with Crippen molar-refractivity contribution >= 4 is 5.69 Å². The molecule has 0 aliphatic rings. The number of rotatable bonds is 5. The van der Waals surface area contributed by atoms with Crippen LogP contribution in [0.25, 0.3) is 0 Å². The van der Waals surface area contributed by atoms with Crippen LogP contribution in [0.5, 0.6) is 11.5 Å². The SMILES string of the molecule is COc1cc(N)ccc1OCC(F)(F)C(F)F. The summed E-state index contributed by atoms with van der Waals surface area (Å²) in [7, 11) is 1.28. The molecule has 2 N–H and O–H groups in total. The normalized spacial score (nSPS) is 11.6. The van der Waals surface area contributed by atoms with E-state index in [2.05, 4.69) is 4.74 Å². The zero-order valence-corrected chi connectivity index (χ0v) is 8.92. The molecule has 0 radical (unpaired) electrons. The summed E-state index contributed by atoms with van der Waals surface area (Å²) in [6, 6.07) is 4.00. The Bertz CT molecular complexity index is 385. The fourth-order valence-corrected chi connectivity index (χ4v) is 1.04. The van der Waals surface area contributed by atoms with Crippen LogP contribution in [0, 0.1) is 0 Å². The minimum Gasteiger partial charge on any atom is -0.493 e. The number of nitrogen functional groups attached to an aromatic ring is 1. The highest BCUT2D eigenvalue weighted by molar-refractivity contribution is 5.51. The van der Waals surface area contributed by atoms with Crippen LogP contribution in [0.1, 0.15) is 0 Å². The molecule has 0 spiro atoms. The summed E-state index contributed by atoms with van der Waals surface area (Å²) in [5, 5.41) is 0. The Morgan fingerprint density at radius 1 is 1.29 bits per heavy atom. The van der Waals surface area contributed by atoms with Crippen LogP contribution >= 0.6 is 0 Å². The number of nitrogens with two attached hydrogens (primary N) is 1. The first-order chi connectivity index (χ1) is 7.86. The lowest BCUT2D eigenvalue weighted by molar-refractivity contribution is -0.148. The van der Waals surface area contributed by atoms with E-state index in [1.165, 1.54) is 25.3 Å². The molecule has 0 aliphatic carbocycles. The van der Waals surface area contributed by atoms with Crippen molar-refractivity contribution in [3.63, 3.8) is 0 Å². The van der Waals surface area contributed by atoms with E-state index in [1.807, 2.05) is 0 Å². The first kappa shape index (κ1) is 13.4. The number of hydrogen-bond acceptors (Lipinski definition) is 3. The highest BCUT2D eigenvalue weighted by atomic mass is 19.3. The lowest BCUT2D eigenvalue weighted by atomic mass is 10.3. The average molecular weight is 253 g/mol. The summed E-state index contributed by atoms with van der Waals surface area (Å²) in [6.07, 6.45) is -3.78. The molecular formula is C10H11F4NO2. The minimum atomic E-state index is -4.20. The Morgan fingerprint density at radius 3 is 2.47 bits per heavy atom. The molecule has 17 heavy (non-hydrogen) atoms. The summed E-state index contributed by atoms with van der Waals surface area (Å²) in [4.78, 5) is 0. The zero-order valence-electron chi connectivity index (χ0n) is 8.92. The fourth-order valence-electron chi connectivity index (χ4n) is 1.04. The second-order valence-corrected chi connectivity index (χ2v) is 3.26. The van der Waals surface area contributed by atoms with Crippen LogP contribution in [0.3, 0.4) is 0 Å². The summed E-state index contributed by atoms with van der Waals surface area (Å²) < 4.78 is 58.4. The van der Waals surface area contributed by atoms with Gasteiger partial charge in [0.15, 0.2) is 18.1 Å². The molecule has 0 unspecified atom stereocenters. The van der Waals surface area contributed by atoms with E-state index in [4.69, 9.17) is 10.5 Å². The number of alkyl halides is 4. The van der Waals surface area contributed by atoms with Crippen molar-refractivity contribution in [1.29, 1.82) is 0 Å². The Hall–Kier alpha value is -1.66. The summed E-state index contributed by atoms with van der Waals surface area (Å²) >= 11 is 0. The maximum Gasteiger partial charge on any atom is 0.340 e. The molecule has 0 saturated heterocycles. The fraction of sp³-hybridized carbons (Fsp3) is 0.400. The molecule has 1 aromatic rings. The molecule has 0 atom stereocenters. The smallest absolute Gasteiger partial charge is 0.340 e. The van der Waals surface area contributed by atoms with Crippen molar-refractivity contribution in [2.45, 2.75) is 12.3 Å². The van der Waals surface area contributed by atoms with Gasteiger partial charge in [0.1, 0.15) is 0 Å². The molecule has 0 saturated carbocycles. The van der Waals surface area contributed by atoms with Gasteiger partial charge in [-0.2, -0.15) is 8.78 Å². The predicted molar refractivity (Wildman–Crippen MR) is 53.9 cm³/mol. The van der Waals surface area contributed by atoms with Gasteiger partial charge in [0.05, 0.1) is 7.11 Å². The number of anilines is 1. The molecule has 0 amide bonds. The summed E-state index contributed by atoms with van der Waals surface area (Å²) in [5.74, 6) is -4.16. The van der Waals surface area contributed by atoms with E-state index >= 15 is 0 Å². The van der Waals surface area contributed by atoms with Gasteiger partial charge in [-0.1, -0.05) is 0 Å². The van der Waals surface area contributed by atoms with Crippen LogP contribution in [-0.2, 0) is 0 Å². The highest BCUT2D eigenvalue weighted by Crippen LogP contribution is 2.31. The first-order valence-corrected chi connectivity index (χ1v) is 4.59. The minimum absolute atomic E-state index is 0.0676. The van der Waals surface area contributed by atoms with Gasteiger partial charge in [0.25, 0.3) is 0 Å². The van der Waals surface area contributed by atoms with Crippen LogP contribution in [0.4, 0.5) is 23.2 Å². The van der Waals surface area contributed by atoms with Crippen LogP contribution in [0.15, 0.2) is 18.2 Å². The summed E-state index contributed by atoms with van der Waals surface area (Å²) in [5.41, 5.74) is 5.77. The van der Waals surface area contributed by atoms with Gasteiger partial charge >= 0.3 is 12.3 Å². The summed E-state index contributed by atoms with van der Waals surface area (Å²) in [6.45, 7) is -1.43. The molecule has 1 rings (SSSR count). The third kappa shape index (κ3) is 3.40. The van der Waals surface area contributed by atoms with E-state index in [9.17, 15) is 17.6 Å². The van der Waals surface area contributed by atoms with Crippen molar-refractivity contribution in [2.75, 3.05) is 19.5 Å². The number of ether oxygens (including phenoxy) is 2. The van der Waals surface area contributed by atoms with Crippen molar-refractivity contribution in [3.8, 4) is 11.5 Å². The second-order valence-electron chi connectivity index (χ2n) is 3.26. The van der Waals surface area contributed by atoms with Crippen molar-refractivity contribution < 1.29 is 27.0 Å². The van der Waals surface area contributed by atoms with Crippen LogP contribution in [-0.4, -0.2) is 26.1 Å². The van der Waals surface area contributed by atoms with Gasteiger partial charge in [-0.15, -0.1) is 0 Å². The topological polar surface area (TPSA) is 44.5 Å². The molecule has 7 heteroatoms. The van der Waals surface area contributed by atoms with Crippen molar-refractivity contribution in [1.82, 2.24) is 0 Å². The number of methoxy groups -OCH3 is 1. The predicted octanol–water partition coefficient (Wildman–Crippen LogP) is 2.56. The Labute approximate surface area is 95.1 Å². The monoisotopic (exact) mass is 253 g/mol. The molecule has 0 fully saturated rings. The zero-order chi connectivity index (χ0) is 13.1. The Balaban J connectivity index is 2.76. The molecule has 3 nitrogen and oxygen atoms in total. The van der Waals surface area contributed by atoms with Gasteiger partial charge < -0.3 is 15.2 Å². The molecule has 0 aromatic heterocycles.